The van der Waals surface area contributed by atoms with E-state index in [9.17, 15) is 4.79 Å². The van der Waals surface area contributed by atoms with E-state index in [0.29, 0.717) is 47.3 Å². The van der Waals surface area contributed by atoms with E-state index in [2.05, 4.69) is 0 Å². The molecule has 2 unspecified atom stereocenters. The van der Waals surface area contributed by atoms with Crippen molar-refractivity contribution in [2.24, 2.45) is 0 Å². The van der Waals surface area contributed by atoms with Gasteiger partial charge in [0.05, 0.1) is 48.1 Å². The Balaban J connectivity index is 2.05. The Hall–Kier alpha value is -3.09. The van der Waals surface area contributed by atoms with Gasteiger partial charge in [0.15, 0.2) is 28.8 Å². The lowest BCUT2D eigenvalue weighted by molar-refractivity contribution is -0.122. The summed E-state index contributed by atoms with van der Waals surface area (Å²) >= 11 is 0. The summed E-state index contributed by atoms with van der Waals surface area (Å²) in [5.74, 6) is 2.96. The Kier molecular flexibility index (Phi) is 6.53. The Morgan fingerprint density at radius 1 is 0.710 bits per heavy atom. The summed E-state index contributed by atoms with van der Waals surface area (Å²) < 4.78 is 32.8. The monoisotopic (exact) mass is 430 g/mol. The topological polar surface area (TPSA) is 72.5 Å². The number of benzene rings is 2. The summed E-state index contributed by atoms with van der Waals surface area (Å²) in [7, 11) is 9.39. The van der Waals surface area contributed by atoms with Crippen LogP contribution in [0.3, 0.4) is 0 Å². The molecule has 0 saturated heterocycles. The lowest BCUT2D eigenvalue weighted by Gasteiger charge is -2.26. The first-order valence-electron chi connectivity index (χ1n) is 10.0. The third kappa shape index (κ3) is 3.73. The molecule has 0 N–H and O–H groups in total. The van der Waals surface area contributed by atoms with Crippen molar-refractivity contribution in [3.05, 3.63) is 35.4 Å². The van der Waals surface area contributed by atoms with Gasteiger partial charge in [-0.1, -0.05) is 0 Å². The third-order valence-electron chi connectivity index (χ3n) is 6.18. The fourth-order valence-corrected chi connectivity index (χ4v) is 4.38. The van der Waals surface area contributed by atoms with Gasteiger partial charge in [0, 0.05) is 5.92 Å². The molecule has 0 bridgehead atoms. The molecule has 7 heteroatoms. The van der Waals surface area contributed by atoms with Crippen molar-refractivity contribution >= 4 is 5.78 Å². The van der Waals surface area contributed by atoms with E-state index in [1.54, 1.807) is 42.7 Å². The van der Waals surface area contributed by atoms with Gasteiger partial charge in [-0.3, -0.25) is 4.79 Å². The van der Waals surface area contributed by atoms with E-state index in [1.165, 1.54) is 0 Å². The van der Waals surface area contributed by atoms with Crippen molar-refractivity contribution in [1.82, 2.24) is 0 Å². The van der Waals surface area contributed by atoms with Crippen molar-refractivity contribution in [1.29, 1.82) is 0 Å². The number of Topliss-reactive ketones (excluding diaryl/α,β-unsaturated/α-hetero) is 1. The number of methoxy groups -OCH3 is 6. The van der Waals surface area contributed by atoms with E-state index >= 15 is 0 Å². The standard InChI is InChI=1S/C24H30O7/c1-24(15-12-19(28-4)22(31-7)20(13-15)29-5)9-8-16(23(24)25)14-10-17(26-2)21(30-6)18(11-14)27-3/h10-13,16H,8-9H2,1-7H3. The largest absolute Gasteiger partial charge is 0.493 e. The fourth-order valence-electron chi connectivity index (χ4n) is 4.38. The molecule has 1 fully saturated rings. The molecule has 0 aromatic heterocycles. The minimum atomic E-state index is -0.697. The normalized spacial score (nSPS) is 20.4. The number of carbonyl (C=O) groups excluding carboxylic acids is 1. The Labute approximate surface area is 183 Å². The molecule has 0 spiro atoms. The van der Waals surface area contributed by atoms with Crippen LogP contribution in [0.2, 0.25) is 0 Å². The molecule has 0 amide bonds. The number of carbonyl (C=O) groups is 1. The first-order valence-corrected chi connectivity index (χ1v) is 10.0. The van der Waals surface area contributed by atoms with Crippen molar-refractivity contribution < 1.29 is 33.2 Å². The van der Waals surface area contributed by atoms with E-state index in [4.69, 9.17) is 28.4 Å². The van der Waals surface area contributed by atoms with E-state index in [1.807, 2.05) is 31.2 Å². The van der Waals surface area contributed by atoms with Gasteiger partial charge in [0.2, 0.25) is 11.5 Å². The zero-order chi connectivity index (χ0) is 22.8. The quantitative estimate of drug-likeness (QED) is 0.623. The maximum atomic E-state index is 13.7. The summed E-state index contributed by atoms with van der Waals surface area (Å²) in [6, 6.07) is 7.42. The molecule has 2 aromatic rings. The van der Waals surface area contributed by atoms with Crippen LogP contribution in [0.25, 0.3) is 0 Å². The van der Waals surface area contributed by atoms with Gasteiger partial charge in [-0.05, 0) is 55.2 Å². The summed E-state index contributed by atoms with van der Waals surface area (Å²) in [6.07, 6.45) is 1.39. The van der Waals surface area contributed by atoms with Crippen molar-refractivity contribution in [2.45, 2.75) is 31.1 Å². The van der Waals surface area contributed by atoms with Crippen LogP contribution in [0.5, 0.6) is 34.5 Å². The van der Waals surface area contributed by atoms with Crippen LogP contribution in [-0.2, 0) is 10.2 Å². The molecule has 7 nitrogen and oxygen atoms in total. The molecule has 1 aliphatic rings. The van der Waals surface area contributed by atoms with Gasteiger partial charge < -0.3 is 28.4 Å². The minimum Gasteiger partial charge on any atom is -0.493 e. The second kappa shape index (κ2) is 8.96. The highest BCUT2D eigenvalue weighted by molar-refractivity contribution is 5.97. The van der Waals surface area contributed by atoms with E-state index in [0.717, 1.165) is 11.1 Å². The van der Waals surface area contributed by atoms with Crippen LogP contribution in [-0.4, -0.2) is 48.4 Å². The van der Waals surface area contributed by atoms with Gasteiger partial charge in [-0.25, -0.2) is 0 Å². The van der Waals surface area contributed by atoms with Gasteiger partial charge in [-0.15, -0.1) is 0 Å². The molecular weight excluding hydrogens is 400 g/mol. The fraction of sp³-hybridized carbons (Fsp3) is 0.458. The molecule has 31 heavy (non-hydrogen) atoms. The van der Waals surface area contributed by atoms with E-state index in [-0.39, 0.29) is 11.7 Å². The molecule has 2 aromatic carbocycles. The molecule has 0 heterocycles. The van der Waals surface area contributed by atoms with Crippen LogP contribution in [0, 0.1) is 0 Å². The summed E-state index contributed by atoms with van der Waals surface area (Å²) in [6.45, 7) is 1.97. The molecule has 2 atom stereocenters. The minimum absolute atomic E-state index is 0.121. The smallest absolute Gasteiger partial charge is 0.203 e. The van der Waals surface area contributed by atoms with Crippen molar-refractivity contribution in [3.63, 3.8) is 0 Å². The zero-order valence-electron chi connectivity index (χ0n) is 19.2. The maximum absolute atomic E-state index is 13.7. The van der Waals surface area contributed by atoms with Crippen LogP contribution in [0.1, 0.15) is 36.8 Å². The molecule has 0 radical (unpaired) electrons. The highest BCUT2D eigenvalue weighted by atomic mass is 16.5. The SMILES string of the molecule is COc1cc(C2CCC(C)(c3cc(OC)c(OC)c(OC)c3)C2=O)cc(OC)c1OC. The van der Waals surface area contributed by atoms with Crippen LogP contribution in [0.15, 0.2) is 24.3 Å². The zero-order valence-corrected chi connectivity index (χ0v) is 19.2. The number of hydrogen-bond donors (Lipinski definition) is 0. The first kappa shape index (κ1) is 22.6. The highest BCUT2D eigenvalue weighted by Gasteiger charge is 2.46. The summed E-state index contributed by atoms with van der Waals surface area (Å²) in [4.78, 5) is 13.7. The van der Waals surface area contributed by atoms with Gasteiger partial charge in [0.1, 0.15) is 0 Å². The van der Waals surface area contributed by atoms with Crippen molar-refractivity contribution in [2.75, 3.05) is 42.7 Å². The van der Waals surface area contributed by atoms with Crippen LogP contribution < -0.4 is 28.4 Å². The first-order chi connectivity index (χ1) is 14.9. The number of ether oxygens (including phenoxy) is 6. The molecular formula is C24H30O7. The Morgan fingerprint density at radius 2 is 1.13 bits per heavy atom. The number of ketones is 1. The molecule has 1 aliphatic carbocycles. The Morgan fingerprint density at radius 3 is 1.52 bits per heavy atom. The van der Waals surface area contributed by atoms with Gasteiger partial charge >= 0.3 is 0 Å². The average Bonchev–Trinajstić information content (AvgIpc) is 3.12. The number of hydrogen-bond acceptors (Lipinski definition) is 7. The average molecular weight is 430 g/mol. The third-order valence-corrected chi connectivity index (χ3v) is 6.18. The second-order valence-corrected chi connectivity index (χ2v) is 7.66. The summed E-state index contributed by atoms with van der Waals surface area (Å²) in [5.41, 5.74) is 0.982. The van der Waals surface area contributed by atoms with Gasteiger partial charge in [0.25, 0.3) is 0 Å². The van der Waals surface area contributed by atoms with Crippen molar-refractivity contribution in [3.8, 4) is 34.5 Å². The van der Waals surface area contributed by atoms with E-state index < -0.39 is 5.41 Å². The predicted octanol–water partition coefficient (Wildman–Crippen LogP) is 4.14. The lowest BCUT2D eigenvalue weighted by atomic mass is 9.78. The lowest BCUT2D eigenvalue weighted by Crippen LogP contribution is -2.29. The molecule has 168 valence electrons. The summed E-state index contributed by atoms with van der Waals surface area (Å²) in [5, 5.41) is 0. The van der Waals surface area contributed by atoms with Crippen LogP contribution in [0.4, 0.5) is 0 Å². The number of rotatable bonds is 8. The predicted molar refractivity (Wildman–Crippen MR) is 117 cm³/mol. The van der Waals surface area contributed by atoms with Gasteiger partial charge in [-0.2, -0.15) is 0 Å². The molecule has 3 rings (SSSR count). The second-order valence-electron chi connectivity index (χ2n) is 7.66. The highest BCUT2D eigenvalue weighted by Crippen LogP contribution is 2.50. The molecule has 0 aliphatic heterocycles. The van der Waals surface area contributed by atoms with Crippen LogP contribution >= 0.6 is 0 Å². The Bertz CT molecular complexity index is 918. The molecule has 1 saturated carbocycles. The maximum Gasteiger partial charge on any atom is 0.203 e.